The third-order valence-corrected chi connectivity index (χ3v) is 4.83. The molecule has 0 unspecified atom stereocenters. The van der Waals surface area contributed by atoms with Crippen LogP contribution in [0.4, 0.5) is 11.4 Å². The molecule has 0 heterocycles. The second-order valence-electron chi connectivity index (χ2n) is 7.09. The third-order valence-electron chi connectivity index (χ3n) is 4.57. The molecule has 0 radical (unpaired) electrons. The van der Waals surface area contributed by atoms with Gasteiger partial charge >= 0.3 is 0 Å². The molecule has 0 aliphatic carbocycles. The van der Waals surface area contributed by atoms with Gasteiger partial charge in [0.1, 0.15) is 6.61 Å². The van der Waals surface area contributed by atoms with Crippen molar-refractivity contribution in [2.45, 2.75) is 6.61 Å². The Morgan fingerprint density at radius 1 is 1.00 bits per heavy atom. The molecule has 0 bridgehead atoms. The van der Waals surface area contributed by atoms with Crippen molar-refractivity contribution in [2.75, 3.05) is 31.4 Å². The van der Waals surface area contributed by atoms with E-state index < -0.39 is 0 Å². The lowest BCUT2D eigenvalue weighted by atomic mass is 10.2. The standard InChI is InChI=1S/C25H25ClN2O3/c1-28(2)22-12-10-21(11-13-22)27-25(29)15-7-18-6-14-23(24(16-18)30-3)31-17-19-4-8-20(26)9-5-19/h4-16H,17H2,1-3H3,(H,27,29)/b15-7+. The first-order valence-corrected chi connectivity index (χ1v) is 10.1. The van der Waals surface area contributed by atoms with Gasteiger partial charge in [0.25, 0.3) is 0 Å². The summed E-state index contributed by atoms with van der Waals surface area (Å²) < 4.78 is 11.3. The van der Waals surface area contributed by atoms with Crippen LogP contribution in [0.1, 0.15) is 11.1 Å². The Morgan fingerprint density at radius 3 is 2.35 bits per heavy atom. The first kappa shape index (κ1) is 22.2. The first-order valence-electron chi connectivity index (χ1n) is 9.76. The number of rotatable bonds is 8. The van der Waals surface area contributed by atoms with Crippen molar-refractivity contribution in [1.29, 1.82) is 0 Å². The average Bonchev–Trinajstić information content (AvgIpc) is 2.78. The Bertz CT molecular complexity index is 1050. The number of methoxy groups -OCH3 is 1. The van der Waals surface area contributed by atoms with Gasteiger partial charge < -0.3 is 19.7 Å². The number of hydrogen-bond acceptors (Lipinski definition) is 4. The van der Waals surface area contributed by atoms with Gasteiger partial charge in [-0.15, -0.1) is 0 Å². The molecule has 3 aromatic rings. The minimum absolute atomic E-state index is 0.209. The van der Waals surface area contributed by atoms with E-state index in [1.54, 1.807) is 13.2 Å². The van der Waals surface area contributed by atoms with E-state index in [0.717, 1.165) is 22.5 Å². The van der Waals surface area contributed by atoms with Crippen molar-refractivity contribution in [3.63, 3.8) is 0 Å². The Labute approximate surface area is 187 Å². The molecule has 31 heavy (non-hydrogen) atoms. The molecule has 160 valence electrons. The van der Waals surface area contributed by atoms with Crippen molar-refractivity contribution in [3.05, 3.63) is 89.0 Å². The van der Waals surface area contributed by atoms with Gasteiger partial charge in [-0.2, -0.15) is 0 Å². The number of amides is 1. The molecule has 0 atom stereocenters. The monoisotopic (exact) mass is 436 g/mol. The molecule has 0 fully saturated rings. The predicted octanol–water partition coefficient (Wildman–Crippen LogP) is 5.65. The van der Waals surface area contributed by atoms with Crippen molar-refractivity contribution in [1.82, 2.24) is 0 Å². The number of hydrogen-bond donors (Lipinski definition) is 1. The molecule has 0 spiro atoms. The summed E-state index contributed by atoms with van der Waals surface area (Å²) in [7, 11) is 5.53. The van der Waals surface area contributed by atoms with Gasteiger partial charge in [-0.1, -0.05) is 29.8 Å². The van der Waals surface area contributed by atoms with E-state index in [9.17, 15) is 4.79 Å². The highest BCUT2D eigenvalue weighted by molar-refractivity contribution is 6.30. The van der Waals surface area contributed by atoms with Crippen LogP contribution >= 0.6 is 11.6 Å². The fourth-order valence-electron chi connectivity index (χ4n) is 2.85. The average molecular weight is 437 g/mol. The van der Waals surface area contributed by atoms with Gasteiger partial charge in [0.05, 0.1) is 7.11 Å². The highest BCUT2D eigenvalue weighted by Gasteiger charge is 2.06. The van der Waals surface area contributed by atoms with Crippen LogP contribution in [-0.2, 0) is 11.4 Å². The molecule has 1 amide bonds. The van der Waals surface area contributed by atoms with E-state index in [1.165, 1.54) is 6.08 Å². The molecule has 0 aromatic heterocycles. The maximum atomic E-state index is 12.2. The summed E-state index contributed by atoms with van der Waals surface area (Å²) in [6, 6.07) is 20.7. The SMILES string of the molecule is COc1cc(/C=C/C(=O)Nc2ccc(N(C)C)cc2)ccc1OCc1ccc(Cl)cc1. The lowest BCUT2D eigenvalue weighted by molar-refractivity contribution is -0.111. The van der Waals surface area contributed by atoms with Crippen LogP contribution in [0.25, 0.3) is 6.08 Å². The zero-order valence-corrected chi connectivity index (χ0v) is 18.5. The summed E-state index contributed by atoms with van der Waals surface area (Å²) in [4.78, 5) is 14.2. The van der Waals surface area contributed by atoms with Gasteiger partial charge in [0.2, 0.25) is 5.91 Å². The molecule has 0 aliphatic rings. The van der Waals surface area contributed by atoms with E-state index >= 15 is 0 Å². The summed E-state index contributed by atoms with van der Waals surface area (Å²) in [5.74, 6) is 1.01. The Morgan fingerprint density at radius 2 is 1.71 bits per heavy atom. The molecule has 3 rings (SSSR count). The maximum Gasteiger partial charge on any atom is 0.248 e. The molecule has 0 saturated heterocycles. The summed E-state index contributed by atoms with van der Waals surface area (Å²) in [5, 5.41) is 3.54. The fourth-order valence-corrected chi connectivity index (χ4v) is 2.97. The lowest BCUT2D eigenvalue weighted by Crippen LogP contribution is -2.10. The predicted molar refractivity (Wildman–Crippen MR) is 127 cm³/mol. The van der Waals surface area contributed by atoms with Crippen LogP contribution in [0.2, 0.25) is 5.02 Å². The molecule has 6 heteroatoms. The molecule has 1 N–H and O–H groups in total. The van der Waals surface area contributed by atoms with Crippen molar-refractivity contribution in [3.8, 4) is 11.5 Å². The molecule has 5 nitrogen and oxygen atoms in total. The Kier molecular flexibility index (Phi) is 7.57. The number of anilines is 2. The van der Waals surface area contributed by atoms with Gasteiger partial charge in [0, 0.05) is 36.6 Å². The Hall–Kier alpha value is -3.44. The van der Waals surface area contributed by atoms with E-state index in [1.807, 2.05) is 85.7 Å². The Balaban J connectivity index is 1.61. The summed E-state index contributed by atoms with van der Waals surface area (Å²) >= 11 is 5.91. The minimum atomic E-state index is -0.209. The summed E-state index contributed by atoms with van der Waals surface area (Å²) in [5.41, 5.74) is 3.64. The first-order chi connectivity index (χ1) is 14.9. The van der Waals surface area contributed by atoms with E-state index in [-0.39, 0.29) is 5.91 Å². The number of carbonyl (C=O) groups excluding carboxylic acids is 1. The van der Waals surface area contributed by atoms with Gasteiger partial charge in [-0.05, 0) is 65.7 Å². The number of halogens is 1. The second-order valence-corrected chi connectivity index (χ2v) is 7.53. The minimum Gasteiger partial charge on any atom is -0.493 e. The lowest BCUT2D eigenvalue weighted by Gasteiger charge is -2.12. The largest absolute Gasteiger partial charge is 0.493 e. The number of nitrogens with one attached hydrogen (secondary N) is 1. The molecule has 0 aliphatic heterocycles. The van der Waals surface area contributed by atoms with Crippen molar-refractivity contribution in [2.24, 2.45) is 0 Å². The van der Waals surface area contributed by atoms with E-state index in [0.29, 0.717) is 23.1 Å². The van der Waals surface area contributed by atoms with E-state index in [2.05, 4.69) is 5.32 Å². The highest BCUT2D eigenvalue weighted by atomic mass is 35.5. The fraction of sp³-hybridized carbons (Fsp3) is 0.160. The van der Waals surface area contributed by atoms with Gasteiger partial charge in [0.15, 0.2) is 11.5 Å². The number of carbonyl (C=O) groups is 1. The van der Waals surface area contributed by atoms with Crippen molar-refractivity contribution < 1.29 is 14.3 Å². The number of nitrogens with zero attached hydrogens (tertiary/aromatic N) is 1. The smallest absolute Gasteiger partial charge is 0.248 e. The molecular weight excluding hydrogens is 412 g/mol. The summed E-state index contributed by atoms with van der Waals surface area (Å²) in [6.07, 6.45) is 3.22. The number of ether oxygens (including phenoxy) is 2. The van der Waals surface area contributed by atoms with Gasteiger partial charge in [-0.3, -0.25) is 4.79 Å². The number of benzene rings is 3. The highest BCUT2D eigenvalue weighted by Crippen LogP contribution is 2.29. The van der Waals surface area contributed by atoms with Crippen LogP contribution in [0.5, 0.6) is 11.5 Å². The van der Waals surface area contributed by atoms with E-state index in [4.69, 9.17) is 21.1 Å². The zero-order chi connectivity index (χ0) is 22.2. The second kappa shape index (κ2) is 10.5. The molecular formula is C25H25ClN2O3. The molecule has 3 aromatic carbocycles. The van der Waals surface area contributed by atoms with Crippen LogP contribution in [0.3, 0.4) is 0 Å². The van der Waals surface area contributed by atoms with Crippen LogP contribution in [0.15, 0.2) is 72.8 Å². The van der Waals surface area contributed by atoms with Crippen LogP contribution < -0.4 is 19.7 Å². The maximum absolute atomic E-state index is 12.2. The quantitative estimate of drug-likeness (QED) is 0.464. The normalized spacial score (nSPS) is 10.7. The third kappa shape index (κ3) is 6.52. The zero-order valence-electron chi connectivity index (χ0n) is 17.8. The van der Waals surface area contributed by atoms with Crippen molar-refractivity contribution >= 4 is 35.0 Å². The van der Waals surface area contributed by atoms with Gasteiger partial charge in [-0.25, -0.2) is 0 Å². The van der Waals surface area contributed by atoms with Crippen LogP contribution in [-0.4, -0.2) is 27.1 Å². The topological polar surface area (TPSA) is 50.8 Å². The van der Waals surface area contributed by atoms with Crippen LogP contribution in [0, 0.1) is 0 Å². The molecule has 0 saturated carbocycles. The summed E-state index contributed by atoms with van der Waals surface area (Å²) in [6.45, 7) is 0.401.